The number of rotatable bonds is 7. The van der Waals surface area contributed by atoms with Crippen molar-refractivity contribution in [1.29, 1.82) is 0 Å². The summed E-state index contributed by atoms with van der Waals surface area (Å²) in [6.07, 6.45) is 5.20. The zero-order chi connectivity index (χ0) is 15.2. The molecule has 0 bridgehead atoms. The van der Waals surface area contributed by atoms with E-state index in [9.17, 15) is 0 Å². The van der Waals surface area contributed by atoms with Crippen molar-refractivity contribution in [2.45, 2.75) is 52.1 Å². The van der Waals surface area contributed by atoms with Crippen LogP contribution >= 0.6 is 0 Å². The molecule has 1 heterocycles. The Labute approximate surface area is 128 Å². The van der Waals surface area contributed by atoms with E-state index in [-0.39, 0.29) is 0 Å². The van der Waals surface area contributed by atoms with E-state index in [1.54, 1.807) is 0 Å². The summed E-state index contributed by atoms with van der Waals surface area (Å²) < 4.78 is 2.08. The highest BCUT2D eigenvalue weighted by molar-refractivity contribution is 5.31. The van der Waals surface area contributed by atoms with E-state index in [2.05, 4.69) is 67.3 Å². The molecule has 3 nitrogen and oxygen atoms in total. The fourth-order valence-electron chi connectivity index (χ4n) is 2.69. The minimum Gasteiger partial charge on any atom is -0.313 e. The van der Waals surface area contributed by atoms with E-state index in [1.165, 1.54) is 11.1 Å². The molecule has 0 saturated carbocycles. The number of benzene rings is 1. The number of hydrogen-bond acceptors (Lipinski definition) is 2. The van der Waals surface area contributed by atoms with E-state index in [0.29, 0.717) is 12.1 Å². The molecule has 1 aromatic heterocycles. The first-order valence-corrected chi connectivity index (χ1v) is 7.98. The number of aryl methyl sites for hydroxylation is 1. The van der Waals surface area contributed by atoms with Crippen molar-refractivity contribution in [3.63, 3.8) is 0 Å². The number of likely N-dealkylation sites (N-methyl/N-ethyl adjacent to an activating group) is 1. The molecule has 2 atom stereocenters. The van der Waals surface area contributed by atoms with Crippen LogP contribution in [0.3, 0.4) is 0 Å². The second-order valence-electron chi connectivity index (χ2n) is 5.64. The molecular weight excluding hydrogens is 258 g/mol. The highest BCUT2D eigenvalue weighted by atomic mass is 15.3. The lowest BCUT2D eigenvalue weighted by atomic mass is 9.95. The van der Waals surface area contributed by atoms with Crippen LogP contribution in [0, 0.1) is 0 Å². The average molecular weight is 285 g/mol. The van der Waals surface area contributed by atoms with Gasteiger partial charge in [0, 0.05) is 24.7 Å². The summed E-state index contributed by atoms with van der Waals surface area (Å²) in [5.74, 6) is 0. The average Bonchev–Trinajstić information content (AvgIpc) is 3.00. The molecule has 0 aliphatic heterocycles. The van der Waals surface area contributed by atoms with Gasteiger partial charge in [-0.2, -0.15) is 5.10 Å². The molecule has 2 rings (SSSR count). The smallest absolute Gasteiger partial charge is 0.0643 e. The van der Waals surface area contributed by atoms with E-state index in [0.717, 1.165) is 25.0 Å². The van der Waals surface area contributed by atoms with Gasteiger partial charge in [0.1, 0.15) is 0 Å². The quantitative estimate of drug-likeness (QED) is 0.835. The summed E-state index contributed by atoms with van der Waals surface area (Å²) in [4.78, 5) is 0. The van der Waals surface area contributed by atoms with Crippen LogP contribution in [-0.2, 0) is 12.8 Å². The van der Waals surface area contributed by atoms with Crippen LogP contribution in [0.15, 0.2) is 36.5 Å². The van der Waals surface area contributed by atoms with Crippen LogP contribution in [0.2, 0.25) is 0 Å². The Morgan fingerprint density at radius 2 is 1.95 bits per heavy atom. The number of hydrogen-bond donors (Lipinski definition) is 1. The molecule has 2 unspecified atom stereocenters. The molecule has 1 aromatic carbocycles. The molecule has 1 N–H and O–H groups in total. The van der Waals surface area contributed by atoms with Gasteiger partial charge in [0.25, 0.3) is 0 Å². The summed E-state index contributed by atoms with van der Waals surface area (Å²) in [5.41, 5.74) is 3.96. The van der Waals surface area contributed by atoms with Gasteiger partial charge in [-0.25, -0.2) is 0 Å². The van der Waals surface area contributed by atoms with Gasteiger partial charge < -0.3 is 5.32 Å². The largest absolute Gasteiger partial charge is 0.313 e. The predicted molar refractivity (Wildman–Crippen MR) is 88.6 cm³/mol. The molecule has 0 aliphatic carbocycles. The van der Waals surface area contributed by atoms with Crippen LogP contribution in [0.4, 0.5) is 0 Å². The third kappa shape index (κ3) is 3.73. The molecule has 0 radical (unpaired) electrons. The van der Waals surface area contributed by atoms with Crippen LogP contribution in [0.5, 0.6) is 0 Å². The van der Waals surface area contributed by atoms with Crippen molar-refractivity contribution in [3.8, 4) is 0 Å². The molecule has 0 spiro atoms. The second kappa shape index (κ2) is 7.41. The fourth-order valence-corrected chi connectivity index (χ4v) is 2.69. The van der Waals surface area contributed by atoms with E-state index in [1.807, 2.05) is 7.05 Å². The maximum absolute atomic E-state index is 4.73. The van der Waals surface area contributed by atoms with Crippen LogP contribution in [0.1, 0.15) is 56.1 Å². The highest BCUT2D eigenvalue weighted by Crippen LogP contribution is 2.22. The molecular formula is C18H27N3. The first-order valence-electron chi connectivity index (χ1n) is 7.98. The molecule has 0 fully saturated rings. The van der Waals surface area contributed by atoms with Gasteiger partial charge in [0.05, 0.1) is 5.69 Å². The second-order valence-corrected chi connectivity index (χ2v) is 5.64. The topological polar surface area (TPSA) is 29.9 Å². The van der Waals surface area contributed by atoms with Crippen molar-refractivity contribution < 1.29 is 0 Å². The third-order valence-electron chi connectivity index (χ3n) is 4.28. The van der Waals surface area contributed by atoms with Gasteiger partial charge in [0.15, 0.2) is 0 Å². The zero-order valence-electron chi connectivity index (χ0n) is 13.6. The normalized spacial score (nSPS) is 14.1. The van der Waals surface area contributed by atoms with Gasteiger partial charge in [-0.15, -0.1) is 0 Å². The summed E-state index contributed by atoms with van der Waals surface area (Å²) in [7, 11) is 2.03. The van der Waals surface area contributed by atoms with Crippen LogP contribution < -0.4 is 5.32 Å². The Morgan fingerprint density at radius 3 is 2.62 bits per heavy atom. The maximum atomic E-state index is 4.73. The predicted octanol–water partition coefficient (Wildman–Crippen LogP) is 3.92. The molecule has 3 heteroatoms. The third-order valence-corrected chi connectivity index (χ3v) is 4.28. The minimum atomic E-state index is 0.321. The van der Waals surface area contributed by atoms with Crippen LogP contribution in [-0.4, -0.2) is 16.8 Å². The summed E-state index contributed by atoms with van der Waals surface area (Å²) >= 11 is 0. The van der Waals surface area contributed by atoms with Gasteiger partial charge >= 0.3 is 0 Å². The Balaban J connectivity index is 2.17. The summed E-state index contributed by atoms with van der Waals surface area (Å²) in [6.45, 7) is 6.61. The lowest BCUT2D eigenvalue weighted by Gasteiger charge is -2.19. The Morgan fingerprint density at radius 1 is 1.19 bits per heavy atom. The highest BCUT2D eigenvalue weighted by Gasteiger charge is 2.15. The Kier molecular flexibility index (Phi) is 5.57. The van der Waals surface area contributed by atoms with Gasteiger partial charge in [0.2, 0.25) is 0 Å². The number of aromatic nitrogens is 2. The monoisotopic (exact) mass is 285 g/mol. The standard InChI is InChI=1S/C18H27N3/c1-5-14(3)21-12-11-16(20-21)13-18(19-4)17-10-8-7-9-15(17)6-2/h7-12,14,18-19H,5-6,13H2,1-4H3. The summed E-state index contributed by atoms with van der Waals surface area (Å²) in [5, 5.41) is 8.17. The fraction of sp³-hybridized carbons (Fsp3) is 0.500. The molecule has 0 aliphatic rings. The molecule has 0 saturated heterocycles. The molecule has 2 aromatic rings. The van der Waals surface area contributed by atoms with Gasteiger partial charge in [-0.3, -0.25) is 4.68 Å². The van der Waals surface area contributed by atoms with E-state index in [4.69, 9.17) is 5.10 Å². The van der Waals surface area contributed by atoms with Crippen molar-refractivity contribution in [2.75, 3.05) is 7.05 Å². The molecule has 0 amide bonds. The molecule has 114 valence electrons. The van der Waals surface area contributed by atoms with Gasteiger partial charge in [-0.1, -0.05) is 38.1 Å². The maximum Gasteiger partial charge on any atom is 0.0643 e. The number of nitrogens with one attached hydrogen (secondary N) is 1. The van der Waals surface area contributed by atoms with Crippen molar-refractivity contribution in [3.05, 3.63) is 53.3 Å². The first kappa shape index (κ1) is 15.8. The Hall–Kier alpha value is -1.61. The molecule has 21 heavy (non-hydrogen) atoms. The van der Waals surface area contributed by atoms with Crippen molar-refractivity contribution in [1.82, 2.24) is 15.1 Å². The Bertz CT molecular complexity index is 559. The van der Waals surface area contributed by atoms with Crippen molar-refractivity contribution >= 4 is 0 Å². The van der Waals surface area contributed by atoms with E-state index < -0.39 is 0 Å². The SMILES string of the molecule is CCc1ccccc1C(Cc1ccn(C(C)CC)n1)NC. The van der Waals surface area contributed by atoms with Gasteiger partial charge in [-0.05, 0) is 44.0 Å². The lowest BCUT2D eigenvalue weighted by molar-refractivity contribution is 0.469. The lowest BCUT2D eigenvalue weighted by Crippen LogP contribution is -2.20. The zero-order valence-corrected chi connectivity index (χ0v) is 13.6. The van der Waals surface area contributed by atoms with E-state index >= 15 is 0 Å². The summed E-state index contributed by atoms with van der Waals surface area (Å²) in [6, 6.07) is 11.6. The first-order chi connectivity index (χ1) is 10.2. The van der Waals surface area contributed by atoms with Crippen molar-refractivity contribution in [2.24, 2.45) is 0 Å². The minimum absolute atomic E-state index is 0.321. The number of nitrogens with zero attached hydrogens (tertiary/aromatic N) is 2. The van der Waals surface area contributed by atoms with Crippen LogP contribution in [0.25, 0.3) is 0 Å².